The molecule has 0 saturated carbocycles. The first-order valence-corrected chi connectivity index (χ1v) is 8.14. The van der Waals surface area contributed by atoms with Gasteiger partial charge >= 0.3 is 5.97 Å². The summed E-state index contributed by atoms with van der Waals surface area (Å²) in [7, 11) is 0. The summed E-state index contributed by atoms with van der Waals surface area (Å²) in [6.07, 6.45) is 1.50. The number of benzene rings is 2. The van der Waals surface area contributed by atoms with Gasteiger partial charge in [-0.2, -0.15) is 0 Å². The maximum Gasteiger partial charge on any atom is 0.338 e. The van der Waals surface area contributed by atoms with Gasteiger partial charge in [-0.15, -0.1) is 10.2 Å². The van der Waals surface area contributed by atoms with Crippen LogP contribution in [0.15, 0.2) is 81.8 Å². The van der Waals surface area contributed by atoms with Crippen molar-refractivity contribution in [3.63, 3.8) is 0 Å². The average molecular weight is 362 g/mol. The Bertz CT molecular complexity index is 1030. The van der Waals surface area contributed by atoms with Gasteiger partial charge in [0.2, 0.25) is 0 Å². The molecule has 0 bridgehead atoms. The second-order valence-electron chi connectivity index (χ2n) is 5.50. The summed E-state index contributed by atoms with van der Waals surface area (Å²) in [5, 5.41) is 7.68. The van der Waals surface area contributed by atoms with Gasteiger partial charge in [-0.05, 0) is 42.5 Å². The standard InChI is InChI=1S/C20H14N2O5/c23-20(25-13-18-21-22-19(27-18)17-10-5-11-24-17)14-6-4-9-16(12-14)26-15-7-2-1-3-8-15/h1-12H,13H2. The molecule has 0 spiro atoms. The first-order valence-electron chi connectivity index (χ1n) is 8.14. The molecule has 4 aromatic rings. The van der Waals surface area contributed by atoms with E-state index in [0.717, 1.165) is 0 Å². The highest BCUT2D eigenvalue weighted by Crippen LogP contribution is 2.22. The number of carbonyl (C=O) groups is 1. The second-order valence-corrected chi connectivity index (χ2v) is 5.50. The fourth-order valence-electron chi connectivity index (χ4n) is 2.33. The summed E-state index contributed by atoms with van der Waals surface area (Å²) in [5.74, 6) is 1.54. The normalized spacial score (nSPS) is 10.5. The van der Waals surface area contributed by atoms with Crippen LogP contribution in [0, 0.1) is 0 Å². The largest absolute Gasteiger partial charge is 0.459 e. The van der Waals surface area contributed by atoms with Gasteiger partial charge in [-0.25, -0.2) is 4.79 Å². The van der Waals surface area contributed by atoms with Crippen molar-refractivity contribution in [3.05, 3.63) is 84.4 Å². The summed E-state index contributed by atoms with van der Waals surface area (Å²) < 4.78 is 21.5. The van der Waals surface area contributed by atoms with E-state index in [1.165, 1.54) is 6.26 Å². The molecule has 134 valence electrons. The van der Waals surface area contributed by atoms with E-state index in [4.69, 9.17) is 18.3 Å². The molecular formula is C20H14N2O5. The third-order valence-electron chi connectivity index (χ3n) is 3.57. The Labute approximate surface area is 154 Å². The van der Waals surface area contributed by atoms with E-state index in [1.54, 1.807) is 36.4 Å². The number of para-hydroxylation sites is 1. The summed E-state index contributed by atoms with van der Waals surface area (Å²) >= 11 is 0. The molecule has 0 saturated heterocycles. The van der Waals surface area contributed by atoms with E-state index in [1.807, 2.05) is 30.3 Å². The molecule has 4 rings (SSSR count). The van der Waals surface area contributed by atoms with Gasteiger partial charge in [0.25, 0.3) is 11.8 Å². The molecular weight excluding hydrogens is 348 g/mol. The predicted molar refractivity (Wildman–Crippen MR) is 94.1 cm³/mol. The minimum atomic E-state index is -0.522. The lowest BCUT2D eigenvalue weighted by atomic mass is 10.2. The van der Waals surface area contributed by atoms with Crippen molar-refractivity contribution >= 4 is 5.97 Å². The molecule has 0 radical (unpaired) electrons. The van der Waals surface area contributed by atoms with Crippen LogP contribution < -0.4 is 4.74 Å². The van der Waals surface area contributed by atoms with E-state index in [9.17, 15) is 4.79 Å². The molecule has 7 heteroatoms. The Kier molecular flexibility index (Phi) is 4.65. The fraction of sp³-hybridized carbons (Fsp3) is 0.0500. The van der Waals surface area contributed by atoms with Crippen molar-refractivity contribution in [2.24, 2.45) is 0 Å². The van der Waals surface area contributed by atoms with Crippen LogP contribution in [0.25, 0.3) is 11.7 Å². The van der Waals surface area contributed by atoms with Gasteiger partial charge < -0.3 is 18.3 Å². The maximum absolute atomic E-state index is 12.3. The lowest BCUT2D eigenvalue weighted by Crippen LogP contribution is -2.05. The topological polar surface area (TPSA) is 87.6 Å². The van der Waals surface area contributed by atoms with Crippen LogP contribution in [0.3, 0.4) is 0 Å². The number of aromatic nitrogens is 2. The van der Waals surface area contributed by atoms with Gasteiger partial charge in [-0.1, -0.05) is 24.3 Å². The molecule has 0 aliphatic carbocycles. The Morgan fingerprint density at radius 1 is 0.926 bits per heavy atom. The highest BCUT2D eigenvalue weighted by Gasteiger charge is 2.14. The van der Waals surface area contributed by atoms with Crippen molar-refractivity contribution < 1.29 is 23.1 Å². The van der Waals surface area contributed by atoms with E-state index in [0.29, 0.717) is 22.8 Å². The molecule has 2 aromatic carbocycles. The number of hydrogen-bond acceptors (Lipinski definition) is 7. The van der Waals surface area contributed by atoms with E-state index >= 15 is 0 Å². The molecule has 0 fully saturated rings. The molecule has 0 aliphatic heterocycles. The van der Waals surface area contributed by atoms with Gasteiger partial charge in [0.1, 0.15) is 11.5 Å². The lowest BCUT2D eigenvalue weighted by Gasteiger charge is -2.07. The zero-order valence-electron chi connectivity index (χ0n) is 14.1. The Balaban J connectivity index is 1.39. The SMILES string of the molecule is O=C(OCc1nnc(-c2ccco2)o1)c1cccc(Oc2ccccc2)c1. The number of furan rings is 1. The first-order chi connectivity index (χ1) is 13.3. The average Bonchev–Trinajstić information content (AvgIpc) is 3.39. The minimum Gasteiger partial charge on any atom is -0.459 e. The Morgan fingerprint density at radius 2 is 1.78 bits per heavy atom. The number of carbonyl (C=O) groups excluding carboxylic acids is 1. The van der Waals surface area contributed by atoms with E-state index in [-0.39, 0.29) is 18.4 Å². The van der Waals surface area contributed by atoms with Crippen molar-refractivity contribution in [3.8, 4) is 23.1 Å². The molecule has 0 amide bonds. The molecule has 0 unspecified atom stereocenters. The quantitative estimate of drug-likeness (QED) is 0.467. The Hall–Kier alpha value is -3.87. The van der Waals surface area contributed by atoms with Gasteiger partial charge in [-0.3, -0.25) is 0 Å². The maximum atomic E-state index is 12.3. The molecule has 27 heavy (non-hydrogen) atoms. The summed E-state index contributed by atoms with van der Waals surface area (Å²) in [4.78, 5) is 12.3. The van der Waals surface area contributed by atoms with E-state index < -0.39 is 5.97 Å². The summed E-state index contributed by atoms with van der Waals surface area (Å²) in [6.45, 7) is -0.143. The lowest BCUT2D eigenvalue weighted by molar-refractivity contribution is 0.0438. The van der Waals surface area contributed by atoms with Crippen molar-refractivity contribution in [2.45, 2.75) is 6.61 Å². The van der Waals surface area contributed by atoms with Gasteiger partial charge in [0, 0.05) is 0 Å². The predicted octanol–water partition coefficient (Wildman–Crippen LogP) is 4.48. The minimum absolute atomic E-state index is 0.143. The monoisotopic (exact) mass is 362 g/mol. The number of nitrogens with zero attached hydrogens (tertiary/aromatic N) is 2. The molecule has 0 atom stereocenters. The fourth-order valence-corrected chi connectivity index (χ4v) is 2.33. The molecule has 2 aromatic heterocycles. The smallest absolute Gasteiger partial charge is 0.338 e. The van der Waals surface area contributed by atoms with E-state index in [2.05, 4.69) is 10.2 Å². The van der Waals surface area contributed by atoms with Crippen molar-refractivity contribution in [1.29, 1.82) is 0 Å². The van der Waals surface area contributed by atoms with Crippen LogP contribution in [-0.2, 0) is 11.3 Å². The summed E-state index contributed by atoms with van der Waals surface area (Å²) in [6, 6.07) is 19.4. The molecule has 2 heterocycles. The molecule has 0 aliphatic rings. The van der Waals surface area contributed by atoms with Gasteiger partial charge in [0.05, 0.1) is 11.8 Å². The molecule has 0 N–H and O–H groups in total. The Morgan fingerprint density at radius 3 is 2.59 bits per heavy atom. The van der Waals surface area contributed by atoms with Crippen LogP contribution >= 0.6 is 0 Å². The van der Waals surface area contributed by atoms with Crippen molar-refractivity contribution in [2.75, 3.05) is 0 Å². The number of hydrogen-bond donors (Lipinski definition) is 0. The third kappa shape index (κ3) is 4.04. The van der Waals surface area contributed by atoms with Crippen LogP contribution in [0.2, 0.25) is 0 Å². The first kappa shape index (κ1) is 16.6. The number of esters is 1. The molecule has 7 nitrogen and oxygen atoms in total. The zero-order valence-corrected chi connectivity index (χ0v) is 14.1. The number of ether oxygens (including phenoxy) is 2. The zero-order chi connectivity index (χ0) is 18.5. The highest BCUT2D eigenvalue weighted by molar-refractivity contribution is 5.89. The van der Waals surface area contributed by atoms with Crippen LogP contribution in [-0.4, -0.2) is 16.2 Å². The van der Waals surface area contributed by atoms with Crippen LogP contribution in [0.1, 0.15) is 16.2 Å². The highest BCUT2D eigenvalue weighted by atomic mass is 16.5. The van der Waals surface area contributed by atoms with Gasteiger partial charge in [0.15, 0.2) is 12.4 Å². The summed E-state index contributed by atoms with van der Waals surface area (Å²) in [5.41, 5.74) is 0.356. The third-order valence-corrected chi connectivity index (χ3v) is 3.57. The van der Waals surface area contributed by atoms with Crippen molar-refractivity contribution in [1.82, 2.24) is 10.2 Å². The van der Waals surface area contributed by atoms with Crippen LogP contribution in [0.4, 0.5) is 0 Å². The van der Waals surface area contributed by atoms with Crippen LogP contribution in [0.5, 0.6) is 11.5 Å². The number of rotatable bonds is 6. The second kappa shape index (κ2) is 7.57.